The number of benzene rings is 6. The van der Waals surface area contributed by atoms with Crippen LogP contribution in [0, 0.1) is 0 Å². The number of aromatic carboxylic acids is 1. The summed E-state index contributed by atoms with van der Waals surface area (Å²) < 4.78 is 35.3. The first-order valence-electron chi connectivity index (χ1n) is 14.4. The zero-order valence-corrected chi connectivity index (χ0v) is 31.9. The SMILES string of the molecule is O=C([O-])c1cc(N=Nc2ccc(-c3ccc(N=Nc4ccc(N=Nc5ccc(O)cc5)c5ccc(S(=O)(=O)[O-])cc45)cc3)cc2)ccc1O.[Na+].[Na+]. The molecule has 0 radical (unpaired) electrons. The Kier molecular flexibility index (Phi) is 13.1. The van der Waals surface area contributed by atoms with Gasteiger partial charge in [0.2, 0.25) is 0 Å². The monoisotopic (exact) mass is 716 g/mol. The van der Waals surface area contributed by atoms with E-state index in [2.05, 4.69) is 30.7 Å². The Morgan fingerprint density at radius 1 is 0.529 bits per heavy atom. The van der Waals surface area contributed by atoms with Gasteiger partial charge in [0.15, 0.2) is 0 Å². The second kappa shape index (κ2) is 17.0. The van der Waals surface area contributed by atoms with Crippen LogP contribution in [0.4, 0.5) is 34.1 Å². The van der Waals surface area contributed by atoms with Crippen molar-refractivity contribution < 1.29 is 92.2 Å². The molecule has 6 aromatic carbocycles. The summed E-state index contributed by atoms with van der Waals surface area (Å²) in [5.74, 6) is -1.86. The molecule has 0 atom stereocenters. The van der Waals surface area contributed by atoms with E-state index in [1.54, 1.807) is 48.5 Å². The average Bonchev–Trinajstić information content (AvgIpc) is 3.10. The Hall–Kier alpha value is -4.64. The molecule has 16 heteroatoms. The molecule has 13 nitrogen and oxygen atoms in total. The van der Waals surface area contributed by atoms with Gasteiger partial charge in [-0.25, -0.2) is 8.42 Å². The van der Waals surface area contributed by atoms with Crippen LogP contribution in [-0.2, 0) is 10.1 Å². The first-order chi connectivity index (χ1) is 23.5. The standard InChI is InChI=1S/C35H24N6O7S.2Na/c42-27-12-9-25(10-13-27)38-40-32-16-17-33(30-20-28(49(46,47)48)14-15-29(30)32)41-37-24-7-3-22(4-8-24)21-1-5-23(6-2-21)36-39-26-11-18-34(43)31(19-26)35(44)45;;/h1-20,42-43H,(H,44,45)(H,46,47,48);;/q;2*+1/p-2. The van der Waals surface area contributed by atoms with Crippen LogP contribution in [-0.4, -0.2) is 29.2 Å². The van der Waals surface area contributed by atoms with Crippen LogP contribution in [0.25, 0.3) is 21.9 Å². The number of hydrogen-bond donors (Lipinski definition) is 2. The number of azo groups is 3. The Bertz CT molecular complexity index is 2410. The van der Waals surface area contributed by atoms with Gasteiger partial charge in [-0.2, -0.15) is 20.5 Å². The van der Waals surface area contributed by atoms with Crippen LogP contribution in [0.15, 0.2) is 157 Å². The summed E-state index contributed by atoms with van der Waals surface area (Å²) in [7, 11) is -4.75. The summed E-state index contributed by atoms with van der Waals surface area (Å²) in [4.78, 5) is 10.7. The van der Waals surface area contributed by atoms with Gasteiger partial charge in [0.25, 0.3) is 0 Å². The maximum atomic E-state index is 11.8. The quantitative estimate of drug-likeness (QED) is 0.129. The molecule has 0 saturated heterocycles. The number of nitrogens with zero attached hydrogens (tertiary/aromatic N) is 6. The van der Waals surface area contributed by atoms with Gasteiger partial charge in [-0.3, -0.25) is 0 Å². The largest absolute Gasteiger partial charge is 1.00 e. The maximum Gasteiger partial charge on any atom is 1.00 e. The van der Waals surface area contributed by atoms with Crippen LogP contribution < -0.4 is 64.2 Å². The van der Waals surface area contributed by atoms with E-state index in [-0.39, 0.29) is 76.1 Å². The van der Waals surface area contributed by atoms with E-state index in [0.717, 1.165) is 11.1 Å². The number of aromatic hydroxyl groups is 2. The smallest absolute Gasteiger partial charge is 0.744 e. The molecule has 0 aromatic heterocycles. The minimum absolute atomic E-state index is 0. The van der Waals surface area contributed by atoms with Crippen molar-refractivity contribution in [2.45, 2.75) is 4.90 Å². The fourth-order valence-corrected chi connectivity index (χ4v) is 5.17. The second-order valence-corrected chi connectivity index (χ2v) is 11.8. The predicted octanol–water partition coefficient (Wildman–Crippen LogP) is 2.44. The van der Waals surface area contributed by atoms with Crippen LogP contribution in [0.3, 0.4) is 0 Å². The zero-order chi connectivity index (χ0) is 34.5. The van der Waals surface area contributed by atoms with Crippen molar-refractivity contribution in [2.75, 3.05) is 0 Å². The van der Waals surface area contributed by atoms with Crippen molar-refractivity contribution in [1.82, 2.24) is 0 Å². The molecule has 6 aromatic rings. The molecule has 0 unspecified atom stereocenters. The Morgan fingerprint density at radius 2 is 0.980 bits per heavy atom. The van der Waals surface area contributed by atoms with Crippen LogP contribution >= 0.6 is 0 Å². The number of carboxylic acids is 1. The molecule has 0 aliphatic carbocycles. The molecule has 0 fully saturated rings. The van der Waals surface area contributed by atoms with Crippen LogP contribution in [0.1, 0.15) is 10.4 Å². The van der Waals surface area contributed by atoms with E-state index in [0.29, 0.717) is 39.2 Å². The number of carbonyl (C=O) groups is 1. The topological polar surface area (TPSA) is 212 Å². The van der Waals surface area contributed by atoms with Gasteiger partial charge in [-0.15, -0.1) is 10.2 Å². The van der Waals surface area contributed by atoms with E-state index < -0.39 is 26.7 Å². The number of fused-ring (bicyclic) bond motifs is 1. The molecular formula is C35H22N6Na2O7S. The van der Waals surface area contributed by atoms with E-state index in [1.165, 1.54) is 48.5 Å². The molecule has 0 aliphatic rings. The molecule has 0 saturated carbocycles. The molecule has 242 valence electrons. The number of phenolic OH excluding ortho intramolecular Hbond substituents is 1. The van der Waals surface area contributed by atoms with Gasteiger partial charge >= 0.3 is 59.1 Å². The normalized spacial score (nSPS) is 11.5. The molecule has 0 spiro atoms. The van der Waals surface area contributed by atoms with Crippen LogP contribution in [0.5, 0.6) is 11.5 Å². The van der Waals surface area contributed by atoms with Gasteiger partial charge in [0, 0.05) is 16.3 Å². The van der Waals surface area contributed by atoms with Crippen LogP contribution in [0.2, 0.25) is 0 Å². The average molecular weight is 717 g/mol. The summed E-state index contributed by atoms with van der Waals surface area (Å²) in [6.45, 7) is 0. The molecule has 0 aliphatic heterocycles. The van der Waals surface area contributed by atoms with E-state index >= 15 is 0 Å². The van der Waals surface area contributed by atoms with Crippen molar-refractivity contribution in [3.63, 3.8) is 0 Å². The Labute approximate surface area is 335 Å². The third-order valence-electron chi connectivity index (χ3n) is 7.18. The summed E-state index contributed by atoms with van der Waals surface area (Å²) in [6.07, 6.45) is 0. The van der Waals surface area contributed by atoms with Gasteiger partial charge in [0.05, 0.1) is 45.0 Å². The molecule has 2 N–H and O–H groups in total. The Morgan fingerprint density at radius 3 is 1.49 bits per heavy atom. The number of hydrogen-bond acceptors (Lipinski definition) is 13. The number of rotatable bonds is 9. The predicted molar refractivity (Wildman–Crippen MR) is 177 cm³/mol. The minimum atomic E-state index is -4.75. The minimum Gasteiger partial charge on any atom is -0.744 e. The summed E-state index contributed by atoms with van der Waals surface area (Å²) in [6, 6.07) is 31.4. The third-order valence-corrected chi connectivity index (χ3v) is 8.01. The van der Waals surface area contributed by atoms with Crippen molar-refractivity contribution in [3.05, 3.63) is 127 Å². The molecular weight excluding hydrogens is 694 g/mol. The maximum absolute atomic E-state index is 11.8. The summed E-state index contributed by atoms with van der Waals surface area (Å²) in [5.41, 5.74) is 3.83. The van der Waals surface area contributed by atoms with Gasteiger partial charge < -0.3 is 24.7 Å². The molecule has 0 bridgehead atoms. The molecule has 51 heavy (non-hydrogen) atoms. The first-order valence-corrected chi connectivity index (χ1v) is 15.8. The number of carbonyl (C=O) groups excluding carboxylic acids is 1. The second-order valence-electron chi connectivity index (χ2n) is 10.5. The van der Waals surface area contributed by atoms with Gasteiger partial charge in [0.1, 0.15) is 21.6 Å². The van der Waals surface area contributed by atoms with Crippen molar-refractivity contribution in [2.24, 2.45) is 30.7 Å². The van der Waals surface area contributed by atoms with Gasteiger partial charge in [-0.1, -0.05) is 30.3 Å². The molecule has 0 amide bonds. The molecule has 0 heterocycles. The first kappa shape index (κ1) is 39.2. The third kappa shape index (κ3) is 9.78. The van der Waals surface area contributed by atoms with Crippen molar-refractivity contribution in [3.8, 4) is 22.6 Å². The van der Waals surface area contributed by atoms with E-state index in [9.17, 15) is 33.1 Å². The summed E-state index contributed by atoms with van der Waals surface area (Å²) >= 11 is 0. The summed E-state index contributed by atoms with van der Waals surface area (Å²) in [5, 5.41) is 56.3. The van der Waals surface area contributed by atoms with E-state index in [4.69, 9.17) is 0 Å². The number of carboxylic acid groups (broad SMARTS) is 1. The number of phenols is 2. The fourth-order valence-electron chi connectivity index (χ4n) is 4.67. The van der Waals surface area contributed by atoms with E-state index in [1.807, 2.05) is 24.3 Å². The fraction of sp³-hybridized carbons (Fsp3) is 0. The molecule has 6 rings (SSSR count). The van der Waals surface area contributed by atoms with Crippen molar-refractivity contribution in [1.29, 1.82) is 0 Å². The zero-order valence-electron chi connectivity index (χ0n) is 27.1. The van der Waals surface area contributed by atoms with Gasteiger partial charge in [-0.05, 0) is 102 Å². The van der Waals surface area contributed by atoms with Crippen molar-refractivity contribution >= 4 is 61.0 Å². The Balaban J connectivity index is 0.00000292.